The number of rotatable bonds is 4. The summed E-state index contributed by atoms with van der Waals surface area (Å²) < 4.78 is 1.16. The number of nitrogens with one attached hydrogen (secondary N) is 2. The van der Waals surface area contributed by atoms with Crippen molar-refractivity contribution >= 4 is 33.0 Å². The molecule has 0 radical (unpaired) electrons. The van der Waals surface area contributed by atoms with Crippen LogP contribution < -0.4 is 15.5 Å². The zero-order valence-corrected chi connectivity index (χ0v) is 13.3. The van der Waals surface area contributed by atoms with Crippen molar-refractivity contribution in [1.82, 2.24) is 10.6 Å². The first-order valence-corrected chi connectivity index (χ1v) is 8.18. The molecule has 1 aliphatic heterocycles. The van der Waals surface area contributed by atoms with Crippen LogP contribution in [0.5, 0.6) is 0 Å². The first-order valence-electron chi connectivity index (χ1n) is 7.36. The summed E-state index contributed by atoms with van der Waals surface area (Å²) in [5.41, 5.74) is 1.15. The Morgan fingerprint density at radius 1 is 1.48 bits per heavy atom. The Bertz CT molecular complexity index is 644. The van der Waals surface area contributed by atoms with E-state index in [-0.39, 0.29) is 5.91 Å². The minimum absolute atomic E-state index is 0.0367. The second kappa shape index (κ2) is 6.03. The van der Waals surface area contributed by atoms with Crippen LogP contribution in [0.3, 0.4) is 0 Å². The molecule has 4 nitrogen and oxygen atoms in total. The molecule has 1 unspecified atom stereocenters. The third-order valence-electron chi connectivity index (χ3n) is 3.92. The van der Waals surface area contributed by atoms with Gasteiger partial charge in [-0.25, -0.2) is 0 Å². The van der Waals surface area contributed by atoms with Crippen LogP contribution in [0, 0.1) is 0 Å². The smallest absolute Gasteiger partial charge is 0.261 e. The van der Waals surface area contributed by atoms with Gasteiger partial charge in [-0.05, 0) is 37.6 Å². The van der Waals surface area contributed by atoms with Gasteiger partial charge in [0.15, 0.2) is 0 Å². The lowest BCUT2D eigenvalue weighted by Gasteiger charge is -2.13. The molecular formula is C16H21N3OS. The van der Waals surface area contributed by atoms with E-state index in [0.717, 1.165) is 33.6 Å². The molecule has 2 heterocycles. The van der Waals surface area contributed by atoms with E-state index in [0.29, 0.717) is 12.6 Å². The van der Waals surface area contributed by atoms with Gasteiger partial charge in [0.1, 0.15) is 0 Å². The largest absolute Gasteiger partial charge is 0.377 e. The average Bonchev–Trinajstić information content (AvgIpc) is 3.12. The molecule has 0 aliphatic carbocycles. The third kappa shape index (κ3) is 3.04. The molecule has 1 amide bonds. The van der Waals surface area contributed by atoms with Crippen LogP contribution in [0.2, 0.25) is 0 Å². The summed E-state index contributed by atoms with van der Waals surface area (Å²) in [7, 11) is 4.05. The summed E-state index contributed by atoms with van der Waals surface area (Å²) in [6, 6.07) is 8.63. The molecule has 1 atom stereocenters. The molecule has 0 bridgehead atoms. The van der Waals surface area contributed by atoms with Crippen molar-refractivity contribution in [2.45, 2.75) is 18.9 Å². The predicted molar refractivity (Wildman–Crippen MR) is 89.5 cm³/mol. The highest BCUT2D eigenvalue weighted by Gasteiger charge is 2.17. The molecule has 1 fully saturated rings. The van der Waals surface area contributed by atoms with E-state index in [1.807, 2.05) is 26.2 Å². The number of carbonyl (C=O) groups is 1. The second-order valence-electron chi connectivity index (χ2n) is 5.70. The molecule has 0 saturated carbocycles. The van der Waals surface area contributed by atoms with E-state index in [4.69, 9.17) is 0 Å². The second-order valence-corrected chi connectivity index (χ2v) is 6.78. The number of nitrogens with zero attached hydrogens (tertiary/aromatic N) is 1. The van der Waals surface area contributed by atoms with Crippen molar-refractivity contribution < 1.29 is 4.79 Å². The maximum Gasteiger partial charge on any atom is 0.261 e. The van der Waals surface area contributed by atoms with Crippen LogP contribution >= 0.6 is 11.3 Å². The Morgan fingerprint density at radius 3 is 3.05 bits per heavy atom. The van der Waals surface area contributed by atoms with Gasteiger partial charge in [-0.3, -0.25) is 4.79 Å². The van der Waals surface area contributed by atoms with Gasteiger partial charge in [0.25, 0.3) is 5.91 Å². The van der Waals surface area contributed by atoms with Gasteiger partial charge >= 0.3 is 0 Å². The van der Waals surface area contributed by atoms with Gasteiger partial charge in [0.2, 0.25) is 0 Å². The standard InChI is InChI=1S/C16H21N3OS/c1-19(2)13-6-3-7-14-12(13)9-15(21-14)16(20)18-10-11-5-4-8-17-11/h3,6-7,9,11,17H,4-5,8,10H2,1-2H3,(H,18,20). The fourth-order valence-corrected chi connectivity index (χ4v) is 3.78. The average molecular weight is 303 g/mol. The summed E-state index contributed by atoms with van der Waals surface area (Å²) in [5.74, 6) is 0.0367. The Labute approximate surface area is 129 Å². The van der Waals surface area contributed by atoms with Gasteiger partial charge < -0.3 is 15.5 Å². The number of anilines is 1. The number of fused-ring (bicyclic) bond motifs is 1. The molecule has 3 rings (SSSR count). The van der Waals surface area contributed by atoms with E-state index in [1.165, 1.54) is 6.42 Å². The van der Waals surface area contributed by atoms with Crippen molar-refractivity contribution in [3.63, 3.8) is 0 Å². The van der Waals surface area contributed by atoms with Gasteiger partial charge in [-0.2, -0.15) is 0 Å². The number of hydrogen-bond donors (Lipinski definition) is 2. The number of thiophene rings is 1. The van der Waals surface area contributed by atoms with Crippen LogP contribution in [0.1, 0.15) is 22.5 Å². The van der Waals surface area contributed by atoms with Crippen LogP contribution in [-0.2, 0) is 0 Å². The predicted octanol–water partition coefficient (Wildman–Crippen LogP) is 2.45. The van der Waals surface area contributed by atoms with Crippen molar-refractivity contribution in [1.29, 1.82) is 0 Å². The van der Waals surface area contributed by atoms with Crippen molar-refractivity contribution in [2.24, 2.45) is 0 Å². The molecular weight excluding hydrogens is 282 g/mol. The molecule has 1 aromatic heterocycles. The highest BCUT2D eigenvalue weighted by molar-refractivity contribution is 7.20. The van der Waals surface area contributed by atoms with Crippen LogP contribution in [0.25, 0.3) is 10.1 Å². The zero-order chi connectivity index (χ0) is 14.8. The fraction of sp³-hybridized carbons (Fsp3) is 0.438. The Balaban J connectivity index is 1.77. The number of benzene rings is 1. The summed E-state index contributed by atoms with van der Waals surface area (Å²) in [4.78, 5) is 15.2. The van der Waals surface area contributed by atoms with E-state index in [2.05, 4.69) is 27.7 Å². The molecule has 112 valence electrons. The number of hydrogen-bond acceptors (Lipinski definition) is 4. The lowest BCUT2D eigenvalue weighted by Crippen LogP contribution is -2.36. The highest BCUT2D eigenvalue weighted by Crippen LogP contribution is 2.32. The van der Waals surface area contributed by atoms with Crippen LogP contribution in [0.15, 0.2) is 24.3 Å². The Morgan fingerprint density at radius 2 is 2.33 bits per heavy atom. The third-order valence-corrected chi connectivity index (χ3v) is 5.01. The fourth-order valence-electron chi connectivity index (χ4n) is 2.78. The quantitative estimate of drug-likeness (QED) is 0.912. The molecule has 21 heavy (non-hydrogen) atoms. The molecule has 0 spiro atoms. The topological polar surface area (TPSA) is 44.4 Å². The summed E-state index contributed by atoms with van der Waals surface area (Å²) in [6.45, 7) is 1.78. The van der Waals surface area contributed by atoms with E-state index in [9.17, 15) is 4.79 Å². The molecule has 5 heteroatoms. The van der Waals surface area contributed by atoms with E-state index < -0.39 is 0 Å². The van der Waals surface area contributed by atoms with Gasteiger partial charge in [-0.15, -0.1) is 11.3 Å². The van der Waals surface area contributed by atoms with Gasteiger partial charge in [0.05, 0.1) is 4.88 Å². The van der Waals surface area contributed by atoms with E-state index >= 15 is 0 Å². The first kappa shape index (κ1) is 14.4. The monoisotopic (exact) mass is 303 g/mol. The summed E-state index contributed by atoms with van der Waals surface area (Å²) in [5, 5.41) is 7.59. The zero-order valence-electron chi connectivity index (χ0n) is 12.5. The Kier molecular flexibility index (Phi) is 4.12. The lowest BCUT2D eigenvalue weighted by molar-refractivity contribution is 0.0954. The molecule has 1 saturated heterocycles. The maximum absolute atomic E-state index is 12.3. The lowest BCUT2D eigenvalue weighted by atomic mass is 10.2. The molecule has 1 aliphatic rings. The normalized spacial score (nSPS) is 18.1. The van der Waals surface area contributed by atoms with E-state index in [1.54, 1.807) is 11.3 Å². The number of carbonyl (C=O) groups excluding carboxylic acids is 1. The van der Waals surface area contributed by atoms with Crippen LogP contribution in [0.4, 0.5) is 5.69 Å². The molecule has 2 N–H and O–H groups in total. The number of amides is 1. The SMILES string of the molecule is CN(C)c1cccc2sc(C(=O)NCC3CCCN3)cc12. The van der Waals surface area contributed by atoms with Crippen LogP contribution in [-0.4, -0.2) is 39.1 Å². The minimum atomic E-state index is 0.0367. The maximum atomic E-state index is 12.3. The van der Waals surface area contributed by atoms with Crippen molar-refractivity contribution in [3.05, 3.63) is 29.1 Å². The first-order chi connectivity index (χ1) is 10.1. The highest BCUT2D eigenvalue weighted by atomic mass is 32.1. The minimum Gasteiger partial charge on any atom is -0.377 e. The van der Waals surface area contributed by atoms with Crippen molar-refractivity contribution in [2.75, 3.05) is 32.1 Å². The van der Waals surface area contributed by atoms with Gasteiger partial charge in [-0.1, -0.05) is 6.07 Å². The molecule has 2 aromatic rings. The van der Waals surface area contributed by atoms with Crippen molar-refractivity contribution in [3.8, 4) is 0 Å². The summed E-state index contributed by atoms with van der Waals surface area (Å²) >= 11 is 1.56. The summed E-state index contributed by atoms with van der Waals surface area (Å²) in [6.07, 6.45) is 2.35. The molecule has 1 aromatic carbocycles. The Hall–Kier alpha value is -1.59. The van der Waals surface area contributed by atoms with Gasteiger partial charge in [0, 0.05) is 42.5 Å².